The number of ether oxygens (including phenoxy) is 1. The Balaban J connectivity index is 2.30. The van der Waals surface area contributed by atoms with Crippen molar-refractivity contribution in [2.45, 2.75) is 39.7 Å². The lowest BCUT2D eigenvalue weighted by atomic mass is 9.97. The van der Waals surface area contributed by atoms with Crippen molar-refractivity contribution in [3.63, 3.8) is 0 Å². The lowest BCUT2D eigenvalue weighted by Gasteiger charge is -2.17. The second kappa shape index (κ2) is 6.68. The Morgan fingerprint density at radius 1 is 1.29 bits per heavy atom. The molecule has 0 radical (unpaired) electrons. The second-order valence-corrected chi connectivity index (χ2v) is 5.19. The number of aliphatic hydroxyl groups excluding tert-OH is 1. The largest absolute Gasteiger partial charge is 0.496 e. The predicted molar refractivity (Wildman–Crippen MR) is 82.5 cm³/mol. The maximum Gasteiger partial charge on any atom is 0.128 e. The van der Waals surface area contributed by atoms with Gasteiger partial charge in [-0.2, -0.15) is 0 Å². The zero-order valence-electron chi connectivity index (χ0n) is 13.1. The lowest BCUT2D eigenvalue weighted by molar-refractivity contribution is 0.175. The minimum atomic E-state index is -0.582. The molecule has 0 saturated heterocycles. The van der Waals surface area contributed by atoms with Crippen molar-refractivity contribution in [2.24, 2.45) is 0 Å². The molecule has 4 nitrogen and oxygen atoms in total. The van der Waals surface area contributed by atoms with Gasteiger partial charge in [-0.3, -0.25) is 9.97 Å². The molecule has 4 heteroatoms. The molecule has 0 aromatic carbocycles. The number of aryl methyl sites for hydroxylation is 2. The summed E-state index contributed by atoms with van der Waals surface area (Å²) in [5, 5.41) is 10.5. The van der Waals surface area contributed by atoms with Crippen LogP contribution in [0.5, 0.6) is 5.75 Å². The van der Waals surface area contributed by atoms with Gasteiger partial charge in [0.25, 0.3) is 0 Å². The van der Waals surface area contributed by atoms with Crippen LogP contribution in [-0.2, 0) is 12.8 Å². The summed E-state index contributed by atoms with van der Waals surface area (Å²) >= 11 is 0. The molecule has 0 bridgehead atoms. The zero-order valence-corrected chi connectivity index (χ0v) is 13.1. The lowest BCUT2D eigenvalue weighted by Crippen LogP contribution is -2.09. The maximum absolute atomic E-state index is 10.5. The van der Waals surface area contributed by atoms with Crippen molar-refractivity contribution >= 4 is 0 Å². The summed E-state index contributed by atoms with van der Waals surface area (Å²) in [6.45, 7) is 6.01. The Morgan fingerprint density at radius 3 is 2.71 bits per heavy atom. The number of aliphatic hydroxyl groups is 1. The summed E-state index contributed by atoms with van der Waals surface area (Å²) < 4.78 is 5.42. The summed E-state index contributed by atoms with van der Waals surface area (Å²) in [6.07, 6.45) is 6.06. The van der Waals surface area contributed by atoms with Gasteiger partial charge in [0.05, 0.1) is 13.2 Å². The first-order valence-corrected chi connectivity index (χ1v) is 7.18. The summed E-state index contributed by atoms with van der Waals surface area (Å²) in [4.78, 5) is 8.57. The number of aromatic nitrogens is 2. The molecule has 21 heavy (non-hydrogen) atoms. The zero-order chi connectivity index (χ0) is 15.4. The first kappa shape index (κ1) is 15.4. The predicted octanol–water partition coefficient (Wildman–Crippen LogP) is 2.94. The third kappa shape index (κ3) is 3.22. The van der Waals surface area contributed by atoms with E-state index < -0.39 is 6.10 Å². The fourth-order valence-corrected chi connectivity index (χ4v) is 2.63. The Hall–Kier alpha value is -1.94. The van der Waals surface area contributed by atoms with E-state index in [0.717, 1.165) is 40.1 Å². The first-order valence-electron chi connectivity index (χ1n) is 7.18. The van der Waals surface area contributed by atoms with Gasteiger partial charge in [-0.25, -0.2) is 0 Å². The van der Waals surface area contributed by atoms with Crippen LogP contribution in [0.4, 0.5) is 0 Å². The van der Waals surface area contributed by atoms with Crippen molar-refractivity contribution in [3.05, 3.63) is 52.6 Å². The molecule has 0 aliphatic carbocycles. The van der Waals surface area contributed by atoms with E-state index in [2.05, 4.69) is 16.9 Å². The topological polar surface area (TPSA) is 55.2 Å². The number of hydrogen-bond acceptors (Lipinski definition) is 4. The molecule has 0 amide bonds. The minimum absolute atomic E-state index is 0.472. The summed E-state index contributed by atoms with van der Waals surface area (Å²) in [5.74, 6) is 0.845. The Bertz CT molecular complexity index is 626. The van der Waals surface area contributed by atoms with Crippen LogP contribution < -0.4 is 4.74 Å². The normalized spacial score (nSPS) is 12.2. The smallest absolute Gasteiger partial charge is 0.128 e. The van der Waals surface area contributed by atoms with Crippen molar-refractivity contribution in [1.82, 2.24) is 9.97 Å². The van der Waals surface area contributed by atoms with Gasteiger partial charge in [-0.1, -0.05) is 6.92 Å². The van der Waals surface area contributed by atoms with E-state index in [1.807, 2.05) is 26.1 Å². The third-order valence-electron chi connectivity index (χ3n) is 3.82. The molecule has 0 aliphatic heterocycles. The maximum atomic E-state index is 10.5. The van der Waals surface area contributed by atoms with Gasteiger partial charge in [0.1, 0.15) is 5.75 Å². The Labute approximate surface area is 125 Å². The average molecular weight is 286 g/mol. The molecule has 2 aromatic rings. The molecule has 0 fully saturated rings. The van der Waals surface area contributed by atoms with Crippen LogP contribution in [0, 0.1) is 13.8 Å². The molecule has 0 aliphatic rings. The Morgan fingerprint density at radius 2 is 2.05 bits per heavy atom. The Kier molecular flexibility index (Phi) is 4.91. The van der Waals surface area contributed by atoms with Gasteiger partial charge < -0.3 is 9.84 Å². The number of rotatable bonds is 5. The molecule has 2 aromatic heterocycles. The standard InChI is InChI=1S/C17H22N2O2/c1-5-13-10-18-7-6-14(13)16(20)8-15-12(3)17(21-4)11(2)9-19-15/h6-7,9-10,16,20H,5,8H2,1-4H3. The van der Waals surface area contributed by atoms with Crippen molar-refractivity contribution < 1.29 is 9.84 Å². The fourth-order valence-electron chi connectivity index (χ4n) is 2.63. The van der Waals surface area contributed by atoms with Crippen LogP contribution in [-0.4, -0.2) is 22.2 Å². The molecular formula is C17H22N2O2. The quantitative estimate of drug-likeness (QED) is 0.918. The van der Waals surface area contributed by atoms with Crippen molar-refractivity contribution in [3.8, 4) is 5.75 Å². The second-order valence-electron chi connectivity index (χ2n) is 5.19. The van der Waals surface area contributed by atoms with Crippen LogP contribution in [0.15, 0.2) is 24.7 Å². The molecule has 2 rings (SSSR count). The van der Waals surface area contributed by atoms with E-state index in [9.17, 15) is 5.11 Å². The fraction of sp³-hybridized carbons (Fsp3) is 0.412. The first-order chi connectivity index (χ1) is 10.1. The van der Waals surface area contributed by atoms with Crippen LogP contribution in [0.1, 0.15) is 41.0 Å². The highest BCUT2D eigenvalue weighted by Gasteiger charge is 2.16. The van der Waals surface area contributed by atoms with E-state index in [1.54, 1.807) is 19.5 Å². The van der Waals surface area contributed by atoms with E-state index in [0.29, 0.717) is 6.42 Å². The van der Waals surface area contributed by atoms with Gasteiger partial charge >= 0.3 is 0 Å². The number of hydrogen-bond donors (Lipinski definition) is 1. The molecular weight excluding hydrogens is 264 g/mol. The van der Waals surface area contributed by atoms with Gasteiger partial charge in [-0.05, 0) is 37.5 Å². The molecule has 112 valence electrons. The van der Waals surface area contributed by atoms with Crippen molar-refractivity contribution in [2.75, 3.05) is 7.11 Å². The van der Waals surface area contributed by atoms with E-state index in [1.165, 1.54) is 0 Å². The highest BCUT2D eigenvalue weighted by atomic mass is 16.5. The number of methoxy groups -OCH3 is 1. The van der Waals surface area contributed by atoms with E-state index >= 15 is 0 Å². The molecule has 0 saturated carbocycles. The highest BCUT2D eigenvalue weighted by molar-refractivity contribution is 5.41. The van der Waals surface area contributed by atoms with E-state index in [-0.39, 0.29) is 0 Å². The SMILES string of the molecule is CCc1cnccc1C(O)Cc1ncc(C)c(OC)c1C. The minimum Gasteiger partial charge on any atom is -0.496 e. The molecule has 2 heterocycles. The number of pyridine rings is 2. The van der Waals surface area contributed by atoms with Gasteiger partial charge in [0.15, 0.2) is 0 Å². The van der Waals surface area contributed by atoms with Gasteiger partial charge in [0.2, 0.25) is 0 Å². The molecule has 1 atom stereocenters. The number of nitrogens with zero attached hydrogens (tertiary/aromatic N) is 2. The van der Waals surface area contributed by atoms with E-state index in [4.69, 9.17) is 4.74 Å². The van der Waals surface area contributed by atoms with Gasteiger partial charge in [0, 0.05) is 41.8 Å². The molecule has 1 N–H and O–H groups in total. The summed E-state index contributed by atoms with van der Waals surface area (Å²) in [6, 6.07) is 1.88. The van der Waals surface area contributed by atoms with Gasteiger partial charge in [-0.15, -0.1) is 0 Å². The van der Waals surface area contributed by atoms with Crippen LogP contribution >= 0.6 is 0 Å². The molecule has 0 spiro atoms. The third-order valence-corrected chi connectivity index (χ3v) is 3.82. The summed E-state index contributed by atoms with van der Waals surface area (Å²) in [5.41, 5.74) is 4.86. The summed E-state index contributed by atoms with van der Waals surface area (Å²) in [7, 11) is 1.66. The van der Waals surface area contributed by atoms with Crippen molar-refractivity contribution in [1.29, 1.82) is 0 Å². The van der Waals surface area contributed by atoms with Crippen LogP contribution in [0.25, 0.3) is 0 Å². The monoisotopic (exact) mass is 286 g/mol. The average Bonchev–Trinajstić information content (AvgIpc) is 2.50. The van der Waals surface area contributed by atoms with Crippen LogP contribution in [0.3, 0.4) is 0 Å². The highest BCUT2D eigenvalue weighted by Crippen LogP contribution is 2.28. The molecule has 1 unspecified atom stereocenters. The van der Waals surface area contributed by atoms with Crippen LogP contribution in [0.2, 0.25) is 0 Å².